The van der Waals surface area contributed by atoms with Gasteiger partial charge in [0.1, 0.15) is 28.7 Å². The lowest BCUT2D eigenvalue weighted by atomic mass is 9.83. The molecule has 0 radical (unpaired) electrons. The third-order valence-corrected chi connectivity index (χ3v) is 16.1. The fourth-order valence-corrected chi connectivity index (χ4v) is 13.0. The summed E-state index contributed by atoms with van der Waals surface area (Å²) in [6.07, 6.45) is 7.85. The second-order valence-corrected chi connectivity index (χ2v) is 20.4. The highest BCUT2D eigenvalue weighted by Gasteiger charge is 2.65. The Kier molecular flexibility index (Phi) is 8.39. The Morgan fingerprint density at radius 2 is 1.71 bits per heavy atom. The van der Waals surface area contributed by atoms with Crippen molar-refractivity contribution in [1.82, 2.24) is 48.3 Å². The normalized spacial score (nSPS) is 25.6. The van der Waals surface area contributed by atoms with Crippen molar-refractivity contribution < 1.29 is 27.2 Å². The molecule has 2 saturated heterocycles. The van der Waals surface area contributed by atoms with E-state index in [4.69, 9.17) is 14.4 Å². The smallest absolute Gasteiger partial charge is 0.376 e. The molecule has 5 aromatic heterocycles. The van der Waals surface area contributed by atoms with E-state index < -0.39 is 34.7 Å². The number of nitrogens with one attached hydrogen (secondary N) is 1. The fourth-order valence-electron chi connectivity index (χ4n) is 13.0. The van der Waals surface area contributed by atoms with E-state index in [1.165, 1.54) is 27.6 Å². The molecule has 2 aliphatic heterocycles. The van der Waals surface area contributed by atoms with Crippen LogP contribution in [-0.4, -0.2) is 72.5 Å². The molecule has 5 aliphatic rings. The summed E-state index contributed by atoms with van der Waals surface area (Å²) in [4.78, 5) is 47.9. The van der Waals surface area contributed by atoms with Crippen LogP contribution in [0, 0.1) is 43.1 Å². The number of carbonyl (C=O) groups is 1. The Labute approximate surface area is 385 Å². The van der Waals surface area contributed by atoms with Crippen LogP contribution < -0.4 is 11.4 Å². The SMILES string of the molecule is Cc1cc(-n2nc3c(c2-n2ccn(-c4ccc5c(cnn5C)c4F)c2=O)[C@@H]2C4CC[C@H](C34)N2C(=O)c2cc3cc([C@H]4CCOC(C)(C)C4)cc(F)c3n2[C@@]2(c3noc(=O)[nH]3)C[C@@H]2C)cc(C)c1F. The number of halogens is 3. The molecule has 7 heterocycles. The zero-order valence-corrected chi connectivity index (χ0v) is 38.2. The van der Waals surface area contributed by atoms with Gasteiger partial charge in [-0.1, -0.05) is 12.1 Å². The van der Waals surface area contributed by atoms with E-state index in [0.717, 1.165) is 24.1 Å². The number of likely N-dealkylation sites (tertiary alicyclic amines) is 1. The van der Waals surface area contributed by atoms with Gasteiger partial charge in [-0.2, -0.15) is 10.2 Å². The number of piperidine rings is 1. The lowest BCUT2D eigenvalue weighted by molar-refractivity contribution is -0.0593. The second kappa shape index (κ2) is 13.8. The van der Waals surface area contributed by atoms with E-state index in [9.17, 15) is 9.59 Å². The van der Waals surface area contributed by atoms with Gasteiger partial charge in [0.2, 0.25) is 0 Å². The van der Waals surface area contributed by atoms with Crippen molar-refractivity contribution in [3.8, 4) is 17.2 Å². The first-order valence-electron chi connectivity index (χ1n) is 23.3. The number of aromatic amines is 1. The van der Waals surface area contributed by atoms with Crippen LogP contribution in [0.4, 0.5) is 13.2 Å². The van der Waals surface area contributed by atoms with Gasteiger partial charge in [0.15, 0.2) is 11.6 Å². The van der Waals surface area contributed by atoms with Crippen LogP contribution in [0.5, 0.6) is 0 Å². The topological polar surface area (TPSA) is 156 Å². The van der Waals surface area contributed by atoms with Crippen molar-refractivity contribution in [2.75, 3.05) is 6.61 Å². The van der Waals surface area contributed by atoms with Crippen LogP contribution in [-0.2, 0) is 17.3 Å². The Morgan fingerprint density at radius 3 is 2.43 bits per heavy atom. The highest BCUT2D eigenvalue weighted by atomic mass is 19.1. The zero-order chi connectivity index (χ0) is 47.0. The lowest BCUT2D eigenvalue weighted by Crippen LogP contribution is -2.44. The van der Waals surface area contributed by atoms with Gasteiger partial charge in [-0.3, -0.25) is 28.1 Å². The number of hydrogen-bond acceptors (Lipinski definition) is 8. The Morgan fingerprint density at radius 1 is 0.941 bits per heavy atom. The first-order valence-corrected chi connectivity index (χ1v) is 23.3. The van der Waals surface area contributed by atoms with Crippen molar-refractivity contribution in [2.45, 2.75) is 102 Å². The van der Waals surface area contributed by atoms with Gasteiger partial charge in [-0.05, 0) is 137 Å². The average Bonchev–Trinajstić information content (AvgIpc) is 4.11. The molecule has 2 unspecified atom stereocenters. The van der Waals surface area contributed by atoms with E-state index in [1.807, 2.05) is 31.7 Å². The highest BCUT2D eigenvalue weighted by molar-refractivity contribution is 6.01. The van der Waals surface area contributed by atoms with Crippen molar-refractivity contribution in [1.29, 1.82) is 0 Å². The van der Waals surface area contributed by atoms with Crippen molar-refractivity contribution in [3.63, 3.8) is 0 Å². The largest absolute Gasteiger partial charge is 0.438 e. The molecule has 1 amide bonds. The van der Waals surface area contributed by atoms with Crippen molar-refractivity contribution >= 4 is 27.7 Å². The average molecular weight is 925 g/mol. The quantitative estimate of drug-likeness (QED) is 0.169. The number of aryl methyl sites for hydroxylation is 3. The monoisotopic (exact) mass is 924 g/mol. The molecule has 4 bridgehead atoms. The van der Waals surface area contributed by atoms with Crippen LogP contribution in [0.3, 0.4) is 0 Å². The van der Waals surface area contributed by atoms with Gasteiger partial charge in [-0.15, -0.1) is 0 Å². The maximum absolute atomic E-state index is 17.2. The van der Waals surface area contributed by atoms with Crippen LogP contribution in [0.2, 0.25) is 0 Å². The molecular weight excluding hydrogens is 878 g/mol. The van der Waals surface area contributed by atoms with Gasteiger partial charge in [0.25, 0.3) is 5.91 Å². The molecule has 13 rings (SSSR count). The summed E-state index contributed by atoms with van der Waals surface area (Å²) in [5, 5.41) is 14.4. The number of fused-ring (bicyclic) bond motifs is 4. The number of aromatic nitrogens is 9. The summed E-state index contributed by atoms with van der Waals surface area (Å²) < 4.78 is 67.3. The van der Waals surface area contributed by atoms with Crippen LogP contribution in [0.25, 0.3) is 39.0 Å². The first kappa shape index (κ1) is 41.3. The van der Waals surface area contributed by atoms with Gasteiger partial charge < -0.3 is 14.2 Å². The molecule has 18 heteroatoms. The Balaban J connectivity index is 0.996. The third kappa shape index (κ3) is 5.45. The second-order valence-electron chi connectivity index (χ2n) is 20.4. The summed E-state index contributed by atoms with van der Waals surface area (Å²) in [6.45, 7) is 9.92. The van der Waals surface area contributed by atoms with E-state index in [2.05, 4.69) is 15.2 Å². The minimum absolute atomic E-state index is 0.0287. The van der Waals surface area contributed by atoms with Gasteiger partial charge in [0, 0.05) is 49.0 Å². The summed E-state index contributed by atoms with van der Waals surface area (Å²) in [5.41, 5.74) is 2.52. The molecule has 0 spiro atoms. The molecule has 2 saturated carbocycles. The number of hydrogen-bond donors (Lipinski definition) is 1. The van der Waals surface area contributed by atoms with Gasteiger partial charge >= 0.3 is 11.4 Å². The molecule has 15 nitrogen and oxygen atoms in total. The zero-order valence-electron chi connectivity index (χ0n) is 38.2. The number of benzene rings is 3. The number of carbonyl (C=O) groups excluding carboxylic acids is 1. The summed E-state index contributed by atoms with van der Waals surface area (Å²) in [6, 6.07) is 11.1. The Hall–Kier alpha value is -6.95. The van der Waals surface area contributed by atoms with Crippen LogP contribution in [0.1, 0.15) is 115 Å². The molecule has 1 N–H and O–H groups in total. The van der Waals surface area contributed by atoms with Gasteiger partial charge in [-0.25, -0.2) is 27.4 Å². The standard InChI is InChI=1S/C50H47F3N10O5/c1-23-15-29(16-24(2)39(23)52)63-44(60-13-12-59(48(60)66)35-10-9-33-31(40(35)53)22-54-58(33)6)38-41(56-63)37-30-7-8-34(37)61(43(30)38)45(64)36-19-28-17-27(26-11-14-67-49(4,5)21-26)18-32(51)42(28)62(36)50(20-25(50)3)46-55-47(65)68-57-46/h9-10,12-13,15-19,22,25-26,30,34,37,43H,7-8,11,14,20-21H2,1-6H3,(H,55,57,65)/t25-,26-,30?,34+,37?,43-,50-/m0/s1. The maximum atomic E-state index is 17.2. The molecule has 7 atom stereocenters. The maximum Gasteiger partial charge on any atom is 0.438 e. The van der Waals surface area contributed by atoms with Gasteiger partial charge in [0.05, 0.1) is 51.3 Å². The third-order valence-electron chi connectivity index (χ3n) is 16.1. The minimum atomic E-state index is -1.09. The van der Waals surface area contributed by atoms with E-state index >= 15 is 18.0 Å². The summed E-state index contributed by atoms with van der Waals surface area (Å²) in [7, 11) is 1.71. The Bertz CT molecular complexity index is 3600. The van der Waals surface area contributed by atoms with E-state index in [1.54, 1.807) is 71.4 Å². The highest BCUT2D eigenvalue weighted by Crippen LogP contribution is 2.66. The molecule has 68 heavy (non-hydrogen) atoms. The van der Waals surface area contributed by atoms with Crippen molar-refractivity contribution in [2.24, 2.45) is 18.9 Å². The fraction of sp³-hybridized carbons (Fsp3) is 0.400. The van der Waals surface area contributed by atoms with E-state index in [-0.39, 0.29) is 75.1 Å². The molecule has 8 aromatic rings. The molecule has 3 aliphatic carbocycles. The molecule has 3 aromatic carbocycles. The molecule has 4 fully saturated rings. The van der Waals surface area contributed by atoms with Crippen LogP contribution in [0.15, 0.2) is 75.2 Å². The minimum Gasteiger partial charge on any atom is -0.376 e. The van der Waals surface area contributed by atoms with Crippen molar-refractivity contribution in [3.05, 3.63) is 139 Å². The van der Waals surface area contributed by atoms with E-state index in [0.29, 0.717) is 65.0 Å². The molecular formula is C50H47F3N10O5. The number of nitrogens with zero attached hydrogens (tertiary/aromatic N) is 9. The summed E-state index contributed by atoms with van der Waals surface area (Å²) in [5.74, 6) is -2.37. The number of amides is 1. The predicted molar refractivity (Wildman–Crippen MR) is 242 cm³/mol. The number of ether oxygens (including phenoxy) is 1. The number of imidazole rings is 1. The molecule has 348 valence electrons. The summed E-state index contributed by atoms with van der Waals surface area (Å²) >= 11 is 0. The number of rotatable bonds is 7. The lowest BCUT2D eigenvalue weighted by Gasteiger charge is -2.37. The first-order chi connectivity index (χ1) is 32.6. The predicted octanol–water partition coefficient (Wildman–Crippen LogP) is 7.89. The van der Waals surface area contributed by atoms with Crippen LogP contribution >= 0.6 is 0 Å². The number of H-pyrrole nitrogens is 1.